The topological polar surface area (TPSA) is 30.9 Å². The molecule has 4 nitrogen and oxygen atoms in total. The number of rotatable bonds is 4. The van der Waals surface area contributed by atoms with Crippen molar-refractivity contribution in [2.75, 3.05) is 52.6 Å². The molecule has 1 fully saturated rings. The number of aliphatic imine (C=N–C) groups is 1. The van der Waals surface area contributed by atoms with E-state index in [0.29, 0.717) is 13.1 Å². The number of hydrogen-bond acceptors (Lipinski definition) is 3. The van der Waals surface area contributed by atoms with E-state index >= 15 is 0 Å². The van der Waals surface area contributed by atoms with Gasteiger partial charge in [-0.05, 0) is 20.9 Å². The maximum atomic E-state index is 12.2. The fourth-order valence-corrected chi connectivity index (χ4v) is 3.38. The van der Waals surface area contributed by atoms with Crippen molar-refractivity contribution < 1.29 is 13.2 Å². The maximum Gasteiger partial charge on any atom is 0.401 e. The van der Waals surface area contributed by atoms with Crippen molar-refractivity contribution in [3.8, 4) is 0 Å². The Hall–Kier alpha value is 0.1000. The molecule has 132 valence electrons. The van der Waals surface area contributed by atoms with E-state index in [2.05, 4.69) is 29.1 Å². The van der Waals surface area contributed by atoms with Crippen molar-refractivity contribution in [1.82, 2.24) is 15.1 Å². The van der Waals surface area contributed by atoms with Gasteiger partial charge in [0.1, 0.15) is 0 Å². The predicted molar refractivity (Wildman–Crippen MR) is 98.4 cm³/mol. The molecule has 0 saturated carbocycles. The van der Waals surface area contributed by atoms with E-state index in [-0.39, 0.29) is 28.7 Å². The smallest absolute Gasteiger partial charge is 0.355 e. The maximum absolute atomic E-state index is 12.2. The van der Waals surface area contributed by atoms with Crippen LogP contribution in [0.5, 0.6) is 0 Å². The molecule has 0 aromatic carbocycles. The highest BCUT2D eigenvalue weighted by atomic mass is 127. The lowest BCUT2D eigenvalue weighted by Crippen LogP contribution is -2.52. The van der Waals surface area contributed by atoms with E-state index in [1.165, 1.54) is 11.9 Å². The minimum absolute atomic E-state index is 0. The molecule has 1 heterocycles. The fourth-order valence-electron chi connectivity index (χ4n) is 2.27. The lowest BCUT2D eigenvalue weighted by Gasteiger charge is -2.39. The number of likely N-dealkylation sites (N-methyl/N-ethyl adjacent to an activating group) is 1. The van der Waals surface area contributed by atoms with Gasteiger partial charge in [0.05, 0.1) is 6.54 Å². The molecule has 0 atom stereocenters. The molecule has 0 unspecified atom stereocenters. The quantitative estimate of drug-likeness (QED) is 0.402. The summed E-state index contributed by atoms with van der Waals surface area (Å²) in [5.41, 5.74) is 0. The molecule has 1 saturated heterocycles. The van der Waals surface area contributed by atoms with Crippen LogP contribution in [0.25, 0.3) is 0 Å². The second-order valence-corrected chi connectivity index (χ2v) is 7.66. The molecular weight excluding hydrogens is 428 g/mol. The first kappa shape index (κ1) is 22.1. The molecule has 1 rings (SSSR count). The summed E-state index contributed by atoms with van der Waals surface area (Å²) in [5, 5.41) is 3.15. The lowest BCUT2D eigenvalue weighted by molar-refractivity contribution is -0.142. The summed E-state index contributed by atoms with van der Waals surface area (Å²) in [6.07, 6.45) is -4.15. The third-order valence-electron chi connectivity index (χ3n) is 3.16. The normalized spacial score (nSPS) is 19.1. The number of thioether (sulfide) groups is 1. The van der Waals surface area contributed by atoms with Crippen molar-refractivity contribution in [2.24, 2.45) is 4.99 Å². The van der Waals surface area contributed by atoms with Gasteiger partial charge >= 0.3 is 6.18 Å². The van der Waals surface area contributed by atoms with Gasteiger partial charge in [0, 0.05) is 43.7 Å². The third kappa shape index (κ3) is 8.66. The average Bonchev–Trinajstić information content (AvgIpc) is 2.31. The number of guanidine groups is 1. The molecular formula is C13H26F3IN4S. The highest BCUT2D eigenvalue weighted by Crippen LogP contribution is 2.29. The molecule has 0 aromatic rings. The van der Waals surface area contributed by atoms with Crippen LogP contribution in [-0.2, 0) is 0 Å². The van der Waals surface area contributed by atoms with E-state index in [9.17, 15) is 13.2 Å². The number of nitrogens with one attached hydrogen (secondary N) is 1. The van der Waals surface area contributed by atoms with Crippen molar-refractivity contribution in [3.05, 3.63) is 0 Å². The first-order valence-electron chi connectivity index (χ1n) is 6.98. The summed E-state index contributed by atoms with van der Waals surface area (Å²) in [6.45, 7) is 6.05. The highest BCUT2D eigenvalue weighted by molar-refractivity contribution is 14.0. The fraction of sp³-hybridized carbons (Fsp3) is 0.923. The van der Waals surface area contributed by atoms with Crippen LogP contribution in [0.1, 0.15) is 13.8 Å². The average molecular weight is 454 g/mol. The van der Waals surface area contributed by atoms with E-state index in [1.54, 1.807) is 7.05 Å². The van der Waals surface area contributed by atoms with Crippen LogP contribution in [0.2, 0.25) is 0 Å². The van der Waals surface area contributed by atoms with Gasteiger partial charge in [-0.1, -0.05) is 0 Å². The zero-order chi connectivity index (χ0) is 16.1. The molecule has 1 N–H and O–H groups in total. The first-order chi connectivity index (χ1) is 9.63. The predicted octanol–water partition coefficient (Wildman–Crippen LogP) is 2.50. The van der Waals surface area contributed by atoms with E-state index in [0.717, 1.165) is 24.8 Å². The molecule has 0 radical (unpaired) electrons. The Kier molecular flexibility index (Phi) is 9.45. The van der Waals surface area contributed by atoms with Gasteiger partial charge in [0.2, 0.25) is 0 Å². The molecule has 0 aromatic heterocycles. The second-order valence-electron chi connectivity index (χ2n) is 5.86. The first-order valence-corrected chi connectivity index (χ1v) is 7.96. The summed E-state index contributed by atoms with van der Waals surface area (Å²) in [6, 6.07) is 0. The number of nitrogens with zero attached hydrogens (tertiary/aromatic N) is 3. The van der Waals surface area contributed by atoms with E-state index < -0.39 is 12.7 Å². The van der Waals surface area contributed by atoms with Gasteiger partial charge in [-0.25, -0.2) is 0 Å². The Balaban J connectivity index is 0.00000441. The zero-order valence-electron chi connectivity index (χ0n) is 13.5. The molecule has 1 aliphatic rings. The van der Waals surface area contributed by atoms with E-state index in [1.807, 2.05) is 11.8 Å². The van der Waals surface area contributed by atoms with Gasteiger partial charge < -0.3 is 10.2 Å². The minimum atomic E-state index is -4.15. The summed E-state index contributed by atoms with van der Waals surface area (Å²) in [7, 11) is 3.18. The second kappa shape index (κ2) is 9.41. The molecule has 0 amide bonds. The van der Waals surface area contributed by atoms with Crippen LogP contribution in [0.4, 0.5) is 13.2 Å². The van der Waals surface area contributed by atoms with Gasteiger partial charge in [-0.3, -0.25) is 9.89 Å². The lowest BCUT2D eigenvalue weighted by atomic mass is 10.2. The van der Waals surface area contributed by atoms with Crippen LogP contribution in [0, 0.1) is 0 Å². The Morgan fingerprint density at radius 1 is 1.41 bits per heavy atom. The third-order valence-corrected chi connectivity index (χ3v) is 4.46. The van der Waals surface area contributed by atoms with Gasteiger partial charge in [-0.2, -0.15) is 24.9 Å². The standard InChI is InChI=1S/C13H25F3N4S.HI/c1-12(2)9-20(7-8-21-12)11(17-3)18-5-6-19(4)10-13(14,15)16;/h5-10H2,1-4H3,(H,17,18);1H. The van der Waals surface area contributed by atoms with Crippen LogP contribution in [0.3, 0.4) is 0 Å². The highest BCUT2D eigenvalue weighted by Gasteiger charge is 2.30. The molecule has 0 bridgehead atoms. The summed E-state index contributed by atoms with van der Waals surface area (Å²) < 4.78 is 36.9. The van der Waals surface area contributed by atoms with Crippen molar-refractivity contribution >= 4 is 41.7 Å². The van der Waals surface area contributed by atoms with Crippen molar-refractivity contribution in [2.45, 2.75) is 24.8 Å². The zero-order valence-corrected chi connectivity index (χ0v) is 16.7. The molecule has 9 heteroatoms. The Morgan fingerprint density at radius 3 is 2.55 bits per heavy atom. The molecule has 22 heavy (non-hydrogen) atoms. The SMILES string of the molecule is CN=C(NCCN(C)CC(F)(F)F)N1CCSC(C)(C)C1.I. The summed E-state index contributed by atoms with van der Waals surface area (Å²) >= 11 is 1.93. The van der Waals surface area contributed by atoms with Gasteiger partial charge in [0.15, 0.2) is 5.96 Å². The molecule has 0 spiro atoms. The van der Waals surface area contributed by atoms with Crippen LogP contribution in [-0.4, -0.2) is 79.3 Å². The minimum Gasteiger partial charge on any atom is -0.355 e. The Bertz CT molecular complexity index is 364. The van der Waals surface area contributed by atoms with Crippen LogP contribution in [0.15, 0.2) is 4.99 Å². The molecule has 1 aliphatic heterocycles. The van der Waals surface area contributed by atoms with Crippen LogP contribution >= 0.6 is 35.7 Å². The number of alkyl halides is 3. The largest absolute Gasteiger partial charge is 0.401 e. The molecule has 0 aliphatic carbocycles. The van der Waals surface area contributed by atoms with Crippen LogP contribution < -0.4 is 5.32 Å². The summed E-state index contributed by atoms with van der Waals surface area (Å²) in [5.74, 6) is 1.80. The van der Waals surface area contributed by atoms with Crippen molar-refractivity contribution in [3.63, 3.8) is 0 Å². The monoisotopic (exact) mass is 454 g/mol. The van der Waals surface area contributed by atoms with Gasteiger partial charge in [0.25, 0.3) is 0 Å². The van der Waals surface area contributed by atoms with Crippen molar-refractivity contribution in [1.29, 1.82) is 0 Å². The van der Waals surface area contributed by atoms with Gasteiger partial charge in [-0.15, -0.1) is 24.0 Å². The van der Waals surface area contributed by atoms with E-state index in [4.69, 9.17) is 0 Å². The number of halogens is 4. The Labute approximate surface area is 152 Å². The Morgan fingerprint density at radius 2 is 2.05 bits per heavy atom. The summed E-state index contributed by atoms with van der Waals surface area (Å²) in [4.78, 5) is 7.66. The number of hydrogen-bond donors (Lipinski definition) is 1.